The fourth-order valence-corrected chi connectivity index (χ4v) is 12.6. The maximum atomic E-state index is 14.3. The van der Waals surface area contributed by atoms with Crippen LogP contribution in [0.2, 0.25) is 0 Å². The largest absolute Gasteiger partial charge is 1.00 e. The molecule has 1 N–H and O–H groups in total. The minimum atomic E-state index is -2.33. The lowest BCUT2D eigenvalue weighted by molar-refractivity contribution is -0.180. The van der Waals surface area contributed by atoms with Crippen LogP contribution in [0.3, 0.4) is 0 Å². The fourth-order valence-electron chi connectivity index (χ4n) is 6.42. The lowest BCUT2D eigenvalue weighted by atomic mass is 9.86. The molecule has 7 nitrogen and oxygen atoms in total. The summed E-state index contributed by atoms with van der Waals surface area (Å²) >= 11 is 0. The molecule has 0 aliphatic carbocycles. The third kappa shape index (κ3) is 6.69. The Labute approximate surface area is 295 Å². The van der Waals surface area contributed by atoms with Crippen molar-refractivity contribution in [3.8, 4) is 0 Å². The maximum absolute atomic E-state index is 14.3. The summed E-state index contributed by atoms with van der Waals surface area (Å²) in [6.45, 7) is 5.09. The number of hydrogen-bond acceptors (Lipinski definition) is 5. The van der Waals surface area contributed by atoms with Gasteiger partial charge in [0, 0.05) is 6.20 Å². The zero-order valence-corrected chi connectivity index (χ0v) is 30.3. The lowest BCUT2D eigenvalue weighted by Gasteiger charge is -2.54. The molecule has 4 aromatic carbocycles. The van der Waals surface area contributed by atoms with Crippen molar-refractivity contribution in [1.82, 2.24) is 10.2 Å². The van der Waals surface area contributed by atoms with Gasteiger partial charge in [0.1, 0.15) is 28.8 Å². The number of hydrogen-bond donors (Lipinski definition) is 1. The van der Waals surface area contributed by atoms with Gasteiger partial charge in [-0.3, -0.25) is 18.7 Å². The number of halogens is 1. The van der Waals surface area contributed by atoms with Crippen LogP contribution in [0.1, 0.15) is 26.3 Å². The van der Waals surface area contributed by atoms with Crippen LogP contribution in [0, 0.1) is 0 Å². The quantitative estimate of drug-likeness (QED) is 0.121. The summed E-state index contributed by atoms with van der Waals surface area (Å²) in [6.07, 6.45) is 2.26. The summed E-state index contributed by atoms with van der Waals surface area (Å²) in [5.74, 6) is -1.93. The standard InChI is InChI=1S/C38H37N2O5PS.BrH/c1-37(2,3)45-36(43)38(39-33(41)24-28-16-8-4-9-17-28)34(42)40-25-29(27-47(44)35(38)40)26-46(30-18-10-5-11-19-30,31-20-12-6-13-21-31)32-22-14-7-15-23-32;/h4-23,25,35H,24,26-27H2,1-3H3;1H/t35-,38?,47?;/m0./s1. The van der Waals surface area contributed by atoms with E-state index in [1.807, 2.05) is 72.8 Å². The molecule has 3 atom stereocenters. The average Bonchev–Trinajstić information content (AvgIpc) is 3.06. The van der Waals surface area contributed by atoms with Crippen molar-refractivity contribution in [2.45, 2.75) is 43.7 Å². The molecule has 48 heavy (non-hydrogen) atoms. The second-order valence-corrected chi connectivity index (χ2v) is 17.9. The van der Waals surface area contributed by atoms with Gasteiger partial charge in [-0.05, 0) is 68.3 Å². The van der Waals surface area contributed by atoms with Gasteiger partial charge in [0.25, 0.3) is 11.4 Å². The topological polar surface area (TPSA) is 92.8 Å². The van der Waals surface area contributed by atoms with Crippen molar-refractivity contribution < 1.29 is 40.3 Å². The van der Waals surface area contributed by atoms with Gasteiger partial charge in [0.2, 0.25) is 5.91 Å². The van der Waals surface area contributed by atoms with Crippen molar-refractivity contribution in [2.24, 2.45) is 0 Å². The van der Waals surface area contributed by atoms with Gasteiger partial charge in [-0.15, -0.1) is 0 Å². The molecule has 4 aromatic rings. The Morgan fingerprint density at radius 1 is 0.833 bits per heavy atom. The van der Waals surface area contributed by atoms with Crippen molar-refractivity contribution in [1.29, 1.82) is 0 Å². The maximum Gasteiger partial charge on any atom is 0.345 e. The monoisotopic (exact) mass is 744 g/mol. The van der Waals surface area contributed by atoms with Crippen LogP contribution in [-0.2, 0) is 36.3 Å². The van der Waals surface area contributed by atoms with E-state index in [9.17, 15) is 18.6 Å². The highest BCUT2D eigenvalue weighted by molar-refractivity contribution is 7.96. The zero-order chi connectivity index (χ0) is 33.2. The van der Waals surface area contributed by atoms with E-state index >= 15 is 0 Å². The fraction of sp³-hybridized carbons (Fsp3) is 0.237. The summed E-state index contributed by atoms with van der Waals surface area (Å²) < 4.78 is 20.0. The first-order chi connectivity index (χ1) is 22.5. The second kappa shape index (κ2) is 14.3. The first-order valence-electron chi connectivity index (χ1n) is 15.6. The molecule has 10 heteroatoms. The van der Waals surface area contributed by atoms with Crippen molar-refractivity contribution >= 4 is 51.8 Å². The molecule has 0 aromatic heterocycles. The normalized spacial score (nSPS) is 20.4. The van der Waals surface area contributed by atoms with E-state index in [0.29, 0.717) is 6.16 Å². The van der Waals surface area contributed by atoms with Gasteiger partial charge in [0.15, 0.2) is 5.37 Å². The van der Waals surface area contributed by atoms with E-state index in [4.69, 9.17) is 4.74 Å². The summed E-state index contributed by atoms with van der Waals surface area (Å²) in [5.41, 5.74) is -1.46. The number of carbonyl (C=O) groups excluding carboxylic acids is 3. The molecule has 2 amide bonds. The molecule has 248 valence electrons. The molecule has 0 saturated carbocycles. The minimum Gasteiger partial charge on any atom is -1.00 e. The zero-order valence-electron chi connectivity index (χ0n) is 27.0. The highest BCUT2D eigenvalue weighted by Gasteiger charge is 2.71. The predicted octanol–water partition coefficient (Wildman–Crippen LogP) is 1.24. The van der Waals surface area contributed by atoms with Crippen LogP contribution in [0.5, 0.6) is 0 Å². The third-order valence-corrected chi connectivity index (χ3v) is 14.5. The van der Waals surface area contributed by atoms with Gasteiger partial charge >= 0.3 is 5.97 Å². The molecule has 1 saturated heterocycles. The minimum absolute atomic E-state index is 0. The second-order valence-electron chi connectivity index (χ2n) is 12.9. The summed E-state index contributed by atoms with van der Waals surface area (Å²) in [7, 11) is -4.06. The Bertz CT molecular complexity index is 1740. The molecule has 6 rings (SSSR count). The molecule has 2 aliphatic rings. The summed E-state index contributed by atoms with van der Waals surface area (Å²) in [5, 5.41) is 5.10. The molecule has 2 unspecified atom stereocenters. The first kappa shape index (κ1) is 35.4. The summed E-state index contributed by atoms with van der Waals surface area (Å²) in [6, 6.07) is 40.1. The van der Waals surface area contributed by atoms with Gasteiger partial charge in [-0.2, -0.15) is 0 Å². The molecule has 0 bridgehead atoms. The van der Waals surface area contributed by atoms with E-state index in [2.05, 4.69) is 41.7 Å². The summed E-state index contributed by atoms with van der Waals surface area (Å²) in [4.78, 5) is 42.6. The lowest BCUT2D eigenvalue weighted by Crippen LogP contribution is -3.00. The van der Waals surface area contributed by atoms with Crippen LogP contribution in [0.4, 0.5) is 0 Å². The van der Waals surface area contributed by atoms with E-state index in [0.717, 1.165) is 27.1 Å². The highest BCUT2D eigenvalue weighted by atomic mass is 79.9. The predicted molar refractivity (Wildman–Crippen MR) is 189 cm³/mol. The number of fused-ring (bicyclic) bond motifs is 1. The van der Waals surface area contributed by atoms with Crippen molar-refractivity contribution in [2.75, 3.05) is 11.9 Å². The van der Waals surface area contributed by atoms with E-state index in [1.54, 1.807) is 39.1 Å². The number of nitrogens with one attached hydrogen (secondary N) is 1. The Balaban J connectivity index is 0.00000451. The smallest absolute Gasteiger partial charge is 0.345 e. The Morgan fingerprint density at radius 2 is 1.29 bits per heavy atom. The SMILES string of the molecule is CC(C)(C)OC(=O)C1(NC(=O)Cc2ccccc2)C(=O)N2C=C(C[P+](c3ccccc3)(c3ccccc3)c3ccccc3)CS(=O)[C@H]21.[Br-]. The number of esters is 1. The highest BCUT2D eigenvalue weighted by Crippen LogP contribution is 2.57. The molecular weight excluding hydrogens is 707 g/mol. The molecule has 1 fully saturated rings. The number of nitrogens with zero attached hydrogens (tertiary/aromatic N) is 1. The van der Waals surface area contributed by atoms with Crippen LogP contribution in [0.25, 0.3) is 0 Å². The van der Waals surface area contributed by atoms with E-state index in [-0.39, 0.29) is 29.2 Å². The number of β-lactam (4-membered cyclic amide) rings is 1. The molecule has 2 heterocycles. The number of carbonyl (C=O) groups is 3. The average molecular weight is 746 g/mol. The molecule has 2 aliphatic heterocycles. The number of amides is 2. The van der Waals surface area contributed by atoms with Gasteiger partial charge < -0.3 is 27.0 Å². The Morgan fingerprint density at radius 3 is 1.75 bits per heavy atom. The van der Waals surface area contributed by atoms with Crippen LogP contribution < -0.4 is 38.2 Å². The third-order valence-electron chi connectivity index (χ3n) is 8.39. The van der Waals surface area contributed by atoms with Gasteiger partial charge in [0.05, 0.1) is 29.1 Å². The van der Waals surface area contributed by atoms with Crippen LogP contribution in [0.15, 0.2) is 133 Å². The Hall–Kier alpha value is -3.91. The number of benzene rings is 4. The van der Waals surface area contributed by atoms with Crippen LogP contribution >= 0.6 is 7.26 Å². The molecule has 0 spiro atoms. The van der Waals surface area contributed by atoms with Gasteiger partial charge in [-0.1, -0.05) is 84.9 Å². The molecular formula is C38H38BrN2O5PS. The molecule has 0 radical (unpaired) electrons. The van der Waals surface area contributed by atoms with Gasteiger partial charge in [-0.25, -0.2) is 4.79 Å². The van der Waals surface area contributed by atoms with E-state index < -0.39 is 52.4 Å². The number of rotatable bonds is 9. The van der Waals surface area contributed by atoms with Crippen LogP contribution in [-0.4, -0.2) is 55.3 Å². The first-order valence-corrected chi connectivity index (χ1v) is 18.9. The van der Waals surface area contributed by atoms with Crippen molar-refractivity contribution in [3.05, 3.63) is 139 Å². The van der Waals surface area contributed by atoms with Crippen molar-refractivity contribution in [3.63, 3.8) is 0 Å². The Kier molecular flexibility index (Phi) is 10.5. The number of ether oxygens (including phenoxy) is 1. The van der Waals surface area contributed by atoms with E-state index in [1.165, 1.54) is 4.90 Å².